The smallest absolute Gasteiger partial charge is 0.0341 e. The summed E-state index contributed by atoms with van der Waals surface area (Å²) in [6.45, 7) is 6.66. The van der Waals surface area contributed by atoms with Crippen LogP contribution in [0.4, 0.5) is 0 Å². The number of hydrogen-bond donors (Lipinski definition) is 2. The minimum atomic E-state index is 0.361. The molecule has 1 aromatic rings. The highest BCUT2D eigenvalue weighted by Gasteiger charge is 2.09. The maximum Gasteiger partial charge on any atom is 0.0341 e. The first kappa shape index (κ1) is 14.6. The molecule has 0 saturated heterocycles. The van der Waals surface area contributed by atoms with Gasteiger partial charge in [0.05, 0.1) is 0 Å². The molecule has 0 aliphatic carbocycles. The van der Waals surface area contributed by atoms with Crippen LogP contribution in [0.2, 0.25) is 0 Å². The first-order valence-corrected chi connectivity index (χ1v) is 7.37. The highest BCUT2D eigenvalue weighted by molar-refractivity contribution is 7.99. The molecule has 1 unspecified atom stereocenters. The third-order valence-electron chi connectivity index (χ3n) is 2.73. The first-order chi connectivity index (χ1) is 8.13. The minimum Gasteiger partial charge on any atom is -0.271 e. The summed E-state index contributed by atoms with van der Waals surface area (Å²) in [5.41, 5.74) is 5.67. The first-order valence-electron chi connectivity index (χ1n) is 6.22. The van der Waals surface area contributed by atoms with Crippen LogP contribution in [-0.2, 0) is 6.42 Å². The quantitative estimate of drug-likeness (QED) is 0.579. The van der Waals surface area contributed by atoms with Gasteiger partial charge in [0.25, 0.3) is 0 Å². The molecule has 0 heterocycles. The van der Waals surface area contributed by atoms with Crippen molar-refractivity contribution in [3.8, 4) is 0 Å². The zero-order valence-corrected chi connectivity index (χ0v) is 11.9. The summed E-state index contributed by atoms with van der Waals surface area (Å²) in [4.78, 5) is 0. The zero-order valence-electron chi connectivity index (χ0n) is 11.1. The summed E-state index contributed by atoms with van der Waals surface area (Å²) >= 11 is 1.98. The van der Waals surface area contributed by atoms with Crippen molar-refractivity contribution in [1.29, 1.82) is 0 Å². The second kappa shape index (κ2) is 7.75. The average Bonchev–Trinajstić information content (AvgIpc) is 2.30. The summed E-state index contributed by atoms with van der Waals surface area (Å²) in [6, 6.07) is 8.88. The molecule has 0 aromatic heterocycles. The standard InChI is InChI=1S/C14H24N2S/c1-11(2)9-17-10-14(16-15)8-13-7-5-4-6-12(13)3/h4-7,11,14,16H,8-10,15H2,1-3H3. The van der Waals surface area contributed by atoms with E-state index < -0.39 is 0 Å². The molecule has 1 rings (SSSR count). The minimum absolute atomic E-state index is 0.361. The molecule has 0 fully saturated rings. The van der Waals surface area contributed by atoms with Gasteiger partial charge in [0, 0.05) is 11.8 Å². The Morgan fingerprint density at radius 1 is 1.24 bits per heavy atom. The SMILES string of the molecule is Cc1ccccc1CC(CSCC(C)C)NN. The van der Waals surface area contributed by atoms with Gasteiger partial charge in [-0.05, 0) is 36.1 Å². The van der Waals surface area contributed by atoms with Crippen LogP contribution >= 0.6 is 11.8 Å². The van der Waals surface area contributed by atoms with E-state index in [1.165, 1.54) is 16.9 Å². The fourth-order valence-corrected chi connectivity index (χ4v) is 2.82. The summed E-state index contributed by atoms with van der Waals surface area (Å²) in [5.74, 6) is 8.64. The second-order valence-electron chi connectivity index (χ2n) is 4.93. The molecule has 17 heavy (non-hydrogen) atoms. The van der Waals surface area contributed by atoms with Crippen molar-refractivity contribution in [2.45, 2.75) is 33.2 Å². The van der Waals surface area contributed by atoms with Gasteiger partial charge in [-0.1, -0.05) is 38.1 Å². The molecule has 0 aliphatic heterocycles. The van der Waals surface area contributed by atoms with Gasteiger partial charge < -0.3 is 0 Å². The van der Waals surface area contributed by atoms with Gasteiger partial charge in [-0.15, -0.1) is 0 Å². The molecule has 0 spiro atoms. The van der Waals surface area contributed by atoms with E-state index in [1.807, 2.05) is 11.8 Å². The lowest BCUT2D eigenvalue weighted by Crippen LogP contribution is -2.39. The maximum atomic E-state index is 5.62. The Bertz CT molecular complexity index is 326. The van der Waals surface area contributed by atoms with Crippen LogP contribution in [-0.4, -0.2) is 17.5 Å². The van der Waals surface area contributed by atoms with Crippen molar-refractivity contribution in [2.24, 2.45) is 11.8 Å². The highest BCUT2D eigenvalue weighted by Crippen LogP contribution is 2.14. The maximum absolute atomic E-state index is 5.62. The number of nitrogens with two attached hydrogens (primary N) is 1. The van der Waals surface area contributed by atoms with E-state index in [0.29, 0.717) is 6.04 Å². The number of thioether (sulfide) groups is 1. The van der Waals surface area contributed by atoms with Crippen molar-refractivity contribution in [3.63, 3.8) is 0 Å². The van der Waals surface area contributed by atoms with Crippen LogP contribution < -0.4 is 11.3 Å². The Morgan fingerprint density at radius 3 is 2.53 bits per heavy atom. The van der Waals surface area contributed by atoms with E-state index in [2.05, 4.69) is 50.5 Å². The van der Waals surface area contributed by atoms with E-state index in [4.69, 9.17) is 5.84 Å². The number of rotatable bonds is 7. The van der Waals surface area contributed by atoms with E-state index >= 15 is 0 Å². The number of hydrazine groups is 1. The molecule has 2 nitrogen and oxygen atoms in total. The summed E-state index contributed by atoms with van der Waals surface area (Å²) < 4.78 is 0. The van der Waals surface area contributed by atoms with Gasteiger partial charge in [0.15, 0.2) is 0 Å². The Kier molecular flexibility index (Phi) is 6.63. The molecule has 0 amide bonds. The summed E-state index contributed by atoms with van der Waals surface area (Å²) in [5, 5.41) is 0. The van der Waals surface area contributed by atoms with E-state index in [1.54, 1.807) is 0 Å². The van der Waals surface area contributed by atoms with Gasteiger partial charge in [0.1, 0.15) is 0 Å². The predicted molar refractivity (Wildman–Crippen MR) is 78.2 cm³/mol. The summed E-state index contributed by atoms with van der Waals surface area (Å²) in [6.07, 6.45) is 1.01. The molecule has 96 valence electrons. The van der Waals surface area contributed by atoms with Crippen molar-refractivity contribution < 1.29 is 0 Å². The van der Waals surface area contributed by atoms with Gasteiger partial charge in [-0.25, -0.2) is 0 Å². The van der Waals surface area contributed by atoms with Gasteiger partial charge in [-0.3, -0.25) is 11.3 Å². The van der Waals surface area contributed by atoms with Crippen LogP contribution in [0, 0.1) is 12.8 Å². The lowest BCUT2D eigenvalue weighted by Gasteiger charge is -2.17. The van der Waals surface area contributed by atoms with Crippen molar-refractivity contribution in [3.05, 3.63) is 35.4 Å². The fourth-order valence-electron chi connectivity index (χ4n) is 1.72. The Labute approximate surface area is 109 Å². The van der Waals surface area contributed by atoms with Crippen LogP contribution in [0.5, 0.6) is 0 Å². The van der Waals surface area contributed by atoms with Crippen LogP contribution in [0.1, 0.15) is 25.0 Å². The van der Waals surface area contributed by atoms with Crippen LogP contribution in [0.25, 0.3) is 0 Å². The third-order valence-corrected chi connectivity index (χ3v) is 4.27. The van der Waals surface area contributed by atoms with Crippen molar-refractivity contribution in [2.75, 3.05) is 11.5 Å². The van der Waals surface area contributed by atoms with Crippen molar-refractivity contribution >= 4 is 11.8 Å². The van der Waals surface area contributed by atoms with E-state index in [0.717, 1.165) is 18.1 Å². The molecule has 3 heteroatoms. The number of nitrogens with one attached hydrogen (secondary N) is 1. The van der Waals surface area contributed by atoms with Gasteiger partial charge in [0.2, 0.25) is 0 Å². The largest absolute Gasteiger partial charge is 0.271 e. The number of benzene rings is 1. The Balaban J connectivity index is 2.44. The zero-order chi connectivity index (χ0) is 12.7. The molecular weight excluding hydrogens is 228 g/mol. The second-order valence-corrected chi connectivity index (χ2v) is 6.00. The van der Waals surface area contributed by atoms with Gasteiger partial charge in [-0.2, -0.15) is 11.8 Å². The predicted octanol–water partition coefficient (Wildman–Crippen LogP) is 2.76. The Hall–Kier alpha value is -0.510. The van der Waals surface area contributed by atoms with Crippen molar-refractivity contribution in [1.82, 2.24) is 5.43 Å². The van der Waals surface area contributed by atoms with Crippen LogP contribution in [0.3, 0.4) is 0 Å². The van der Waals surface area contributed by atoms with E-state index in [9.17, 15) is 0 Å². The van der Waals surface area contributed by atoms with Gasteiger partial charge >= 0.3 is 0 Å². The third kappa shape index (κ3) is 5.57. The van der Waals surface area contributed by atoms with E-state index in [-0.39, 0.29) is 0 Å². The Morgan fingerprint density at radius 2 is 1.94 bits per heavy atom. The molecule has 1 aromatic carbocycles. The molecule has 0 saturated carbocycles. The lowest BCUT2D eigenvalue weighted by molar-refractivity contribution is 0.573. The molecule has 0 bridgehead atoms. The summed E-state index contributed by atoms with van der Waals surface area (Å²) in [7, 11) is 0. The topological polar surface area (TPSA) is 38.0 Å². The average molecular weight is 252 g/mol. The molecule has 0 radical (unpaired) electrons. The lowest BCUT2D eigenvalue weighted by atomic mass is 10.0. The fraction of sp³-hybridized carbons (Fsp3) is 0.571. The monoisotopic (exact) mass is 252 g/mol. The number of hydrogen-bond acceptors (Lipinski definition) is 3. The normalized spacial score (nSPS) is 13.0. The molecule has 3 N–H and O–H groups in total. The highest BCUT2D eigenvalue weighted by atomic mass is 32.2. The molecule has 0 aliphatic rings. The number of aryl methyl sites for hydroxylation is 1. The van der Waals surface area contributed by atoms with Crippen LogP contribution in [0.15, 0.2) is 24.3 Å². The molecular formula is C14H24N2S. The molecule has 1 atom stereocenters.